The summed E-state index contributed by atoms with van der Waals surface area (Å²) >= 11 is 3.05. The van der Waals surface area contributed by atoms with Gasteiger partial charge in [-0.05, 0) is 36.7 Å². The molecule has 1 N–H and O–H groups in total. The zero-order chi connectivity index (χ0) is 18.5. The number of amides is 1. The number of nitrogens with zero attached hydrogens (tertiary/aromatic N) is 2. The number of carbonyl (C=O) groups is 2. The van der Waals surface area contributed by atoms with E-state index in [0.29, 0.717) is 0 Å². The van der Waals surface area contributed by atoms with Crippen molar-refractivity contribution < 1.29 is 19.1 Å². The van der Waals surface area contributed by atoms with Gasteiger partial charge in [0.1, 0.15) is 12.1 Å². The number of esters is 1. The molecular weight excluding hydrogens is 386 g/mol. The van der Waals surface area contributed by atoms with Gasteiger partial charge in [-0.25, -0.2) is 9.59 Å². The predicted octanol–water partition coefficient (Wildman–Crippen LogP) is 0.470. The van der Waals surface area contributed by atoms with Crippen LogP contribution < -0.4 is 16.6 Å². The Bertz CT molecular complexity index is 731. The third-order valence-electron chi connectivity index (χ3n) is 2.73. The van der Waals surface area contributed by atoms with Gasteiger partial charge in [-0.2, -0.15) is 0 Å². The van der Waals surface area contributed by atoms with Gasteiger partial charge >= 0.3 is 17.8 Å². The minimum absolute atomic E-state index is 0.0126. The average Bonchev–Trinajstić information content (AvgIpc) is 2.46. The molecule has 0 unspecified atom stereocenters. The Morgan fingerprint density at radius 3 is 2.46 bits per heavy atom. The minimum Gasteiger partial charge on any atom is -0.468 e. The highest BCUT2D eigenvalue weighted by Gasteiger charge is 2.16. The number of nitrogens with one attached hydrogen (secondary N) is 1. The van der Waals surface area contributed by atoms with Gasteiger partial charge < -0.3 is 14.8 Å². The van der Waals surface area contributed by atoms with Crippen LogP contribution in [-0.2, 0) is 27.4 Å². The van der Waals surface area contributed by atoms with Crippen molar-refractivity contribution in [1.82, 2.24) is 14.5 Å². The first-order chi connectivity index (χ1) is 11.0. The number of rotatable bonds is 5. The van der Waals surface area contributed by atoms with Gasteiger partial charge in [-0.15, -0.1) is 0 Å². The smallest absolute Gasteiger partial charge is 0.407 e. The molecule has 10 heteroatoms. The van der Waals surface area contributed by atoms with Crippen LogP contribution in [0.15, 0.2) is 20.3 Å². The van der Waals surface area contributed by atoms with E-state index in [2.05, 4.69) is 26.0 Å². The summed E-state index contributed by atoms with van der Waals surface area (Å²) < 4.78 is 11.6. The highest BCUT2D eigenvalue weighted by Crippen LogP contribution is 2.06. The molecule has 0 atom stereocenters. The molecular formula is C14H20BrN3O6. The molecule has 0 fully saturated rings. The molecule has 24 heavy (non-hydrogen) atoms. The van der Waals surface area contributed by atoms with Crippen molar-refractivity contribution in [2.75, 3.05) is 13.7 Å². The third-order valence-corrected chi connectivity index (χ3v) is 3.27. The lowest BCUT2D eigenvalue weighted by molar-refractivity contribution is -0.141. The number of alkyl carbamates (subject to hydrolysis) is 1. The zero-order valence-electron chi connectivity index (χ0n) is 13.9. The van der Waals surface area contributed by atoms with Crippen LogP contribution in [0.5, 0.6) is 0 Å². The SMILES string of the molecule is COC(=O)Cn1cc(Br)c(=O)n(CCNC(=O)OC(C)(C)C)c1=O. The number of hydrogen-bond acceptors (Lipinski definition) is 6. The van der Waals surface area contributed by atoms with Gasteiger partial charge in [0, 0.05) is 19.3 Å². The fraction of sp³-hybridized carbons (Fsp3) is 0.571. The van der Waals surface area contributed by atoms with Crippen molar-refractivity contribution in [1.29, 1.82) is 0 Å². The van der Waals surface area contributed by atoms with Gasteiger partial charge in [0.2, 0.25) is 0 Å². The van der Waals surface area contributed by atoms with Crippen LogP contribution in [0.1, 0.15) is 20.8 Å². The average molecular weight is 406 g/mol. The molecule has 1 rings (SSSR count). The summed E-state index contributed by atoms with van der Waals surface area (Å²) in [5, 5.41) is 2.46. The van der Waals surface area contributed by atoms with Crippen LogP contribution in [-0.4, -0.2) is 40.5 Å². The van der Waals surface area contributed by atoms with Crippen LogP contribution in [0.3, 0.4) is 0 Å². The van der Waals surface area contributed by atoms with Gasteiger partial charge in [0.15, 0.2) is 0 Å². The summed E-state index contributed by atoms with van der Waals surface area (Å²) in [4.78, 5) is 47.2. The van der Waals surface area contributed by atoms with Crippen LogP contribution in [0.4, 0.5) is 4.79 Å². The Morgan fingerprint density at radius 1 is 1.29 bits per heavy atom. The summed E-state index contributed by atoms with van der Waals surface area (Å²) in [6.07, 6.45) is 0.569. The van der Waals surface area contributed by atoms with E-state index < -0.39 is 28.9 Å². The normalized spacial score (nSPS) is 11.0. The molecule has 0 saturated carbocycles. The number of ether oxygens (including phenoxy) is 2. The van der Waals surface area contributed by atoms with Crippen molar-refractivity contribution >= 4 is 28.0 Å². The van der Waals surface area contributed by atoms with E-state index in [4.69, 9.17) is 4.74 Å². The summed E-state index contributed by atoms with van der Waals surface area (Å²) in [6, 6.07) is 0. The molecule has 1 aromatic rings. The Kier molecular flexibility index (Phi) is 6.76. The fourth-order valence-electron chi connectivity index (χ4n) is 1.72. The van der Waals surface area contributed by atoms with E-state index >= 15 is 0 Å². The van der Waals surface area contributed by atoms with E-state index in [1.54, 1.807) is 20.8 Å². The maximum atomic E-state index is 12.3. The quantitative estimate of drug-likeness (QED) is 0.713. The largest absolute Gasteiger partial charge is 0.468 e. The second-order valence-corrected chi connectivity index (χ2v) is 6.70. The summed E-state index contributed by atoms with van der Waals surface area (Å²) in [5.41, 5.74) is -1.89. The number of methoxy groups -OCH3 is 1. The highest BCUT2D eigenvalue weighted by atomic mass is 79.9. The molecule has 0 radical (unpaired) electrons. The third kappa shape index (κ3) is 5.84. The molecule has 0 spiro atoms. The van der Waals surface area contributed by atoms with Crippen molar-refractivity contribution in [2.24, 2.45) is 0 Å². The van der Waals surface area contributed by atoms with Crippen LogP contribution >= 0.6 is 15.9 Å². The molecule has 0 aromatic carbocycles. The van der Waals surface area contributed by atoms with Gasteiger partial charge in [-0.3, -0.25) is 18.7 Å². The summed E-state index contributed by atoms with van der Waals surface area (Å²) in [7, 11) is 1.20. The Balaban J connectivity index is 2.88. The first-order valence-corrected chi connectivity index (χ1v) is 7.88. The lowest BCUT2D eigenvalue weighted by Crippen LogP contribution is -2.43. The summed E-state index contributed by atoms with van der Waals surface area (Å²) in [6.45, 7) is 4.77. The van der Waals surface area contributed by atoms with E-state index in [1.165, 1.54) is 13.3 Å². The Morgan fingerprint density at radius 2 is 1.92 bits per heavy atom. The number of hydrogen-bond donors (Lipinski definition) is 1. The highest BCUT2D eigenvalue weighted by molar-refractivity contribution is 9.10. The van der Waals surface area contributed by atoms with Crippen LogP contribution in [0, 0.1) is 0 Å². The molecule has 0 aliphatic carbocycles. The fourth-order valence-corrected chi connectivity index (χ4v) is 2.18. The lowest BCUT2D eigenvalue weighted by atomic mass is 10.2. The lowest BCUT2D eigenvalue weighted by Gasteiger charge is -2.19. The van der Waals surface area contributed by atoms with Crippen LogP contribution in [0.2, 0.25) is 0 Å². The van der Waals surface area contributed by atoms with Gasteiger partial charge in [-0.1, -0.05) is 0 Å². The van der Waals surface area contributed by atoms with E-state index in [0.717, 1.165) is 9.13 Å². The second kappa shape index (κ2) is 8.13. The maximum Gasteiger partial charge on any atom is 0.407 e. The number of aromatic nitrogens is 2. The zero-order valence-corrected chi connectivity index (χ0v) is 15.5. The molecule has 9 nitrogen and oxygen atoms in total. The molecule has 0 aliphatic heterocycles. The second-order valence-electron chi connectivity index (χ2n) is 5.85. The minimum atomic E-state index is -0.681. The van der Waals surface area contributed by atoms with Crippen molar-refractivity contribution in [3.63, 3.8) is 0 Å². The molecule has 0 saturated heterocycles. The molecule has 0 bridgehead atoms. The van der Waals surface area contributed by atoms with Crippen molar-refractivity contribution in [3.8, 4) is 0 Å². The molecule has 134 valence electrons. The predicted molar refractivity (Wildman–Crippen MR) is 88.9 cm³/mol. The standard InChI is InChI=1S/C14H20BrN3O6/c1-14(2,3)24-12(21)16-5-6-18-11(20)9(15)7-17(13(18)22)8-10(19)23-4/h7H,5-6,8H2,1-4H3,(H,16,21). The Hall–Kier alpha value is -2.10. The molecule has 1 heterocycles. The van der Waals surface area contributed by atoms with Gasteiger partial charge in [0.25, 0.3) is 5.56 Å². The molecule has 0 aliphatic rings. The van der Waals surface area contributed by atoms with Crippen LogP contribution in [0.25, 0.3) is 0 Å². The van der Waals surface area contributed by atoms with Crippen molar-refractivity contribution in [3.05, 3.63) is 31.5 Å². The topological polar surface area (TPSA) is 109 Å². The Labute approximate surface area is 146 Å². The molecule has 1 aromatic heterocycles. The van der Waals surface area contributed by atoms with E-state index in [1.807, 2.05) is 0 Å². The monoisotopic (exact) mass is 405 g/mol. The van der Waals surface area contributed by atoms with Gasteiger partial charge in [0.05, 0.1) is 11.6 Å². The summed E-state index contributed by atoms with van der Waals surface area (Å²) in [5.74, 6) is -0.624. The van der Waals surface area contributed by atoms with Crippen molar-refractivity contribution in [2.45, 2.75) is 39.5 Å². The maximum absolute atomic E-state index is 12.3. The first-order valence-electron chi connectivity index (χ1n) is 7.08. The number of carbonyl (C=O) groups excluding carboxylic acids is 2. The first kappa shape index (κ1) is 19.9. The number of halogens is 1. The van der Waals surface area contributed by atoms with E-state index in [-0.39, 0.29) is 24.1 Å². The van der Waals surface area contributed by atoms with E-state index in [9.17, 15) is 19.2 Å². The molecule has 1 amide bonds.